The van der Waals surface area contributed by atoms with Gasteiger partial charge >= 0.3 is 0 Å². The molecule has 1 saturated heterocycles. The summed E-state index contributed by atoms with van der Waals surface area (Å²) in [4.78, 5) is 28.8. The number of aromatic nitrogens is 3. The van der Waals surface area contributed by atoms with Crippen molar-refractivity contribution < 1.29 is 9.53 Å². The van der Waals surface area contributed by atoms with Crippen LogP contribution in [0, 0.1) is 0 Å². The summed E-state index contributed by atoms with van der Waals surface area (Å²) in [5, 5.41) is 3.31. The van der Waals surface area contributed by atoms with Gasteiger partial charge in [-0.25, -0.2) is 9.97 Å². The summed E-state index contributed by atoms with van der Waals surface area (Å²) >= 11 is 0. The van der Waals surface area contributed by atoms with E-state index in [1.807, 2.05) is 53.6 Å². The molecule has 1 aromatic carbocycles. The second-order valence-corrected chi connectivity index (χ2v) is 8.69. The lowest BCUT2D eigenvalue weighted by atomic mass is 9.89. The van der Waals surface area contributed by atoms with E-state index < -0.39 is 0 Å². The van der Waals surface area contributed by atoms with Crippen LogP contribution >= 0.6 is 0 Å². The average molecular weight is 446 g/mol. The van der Waals surface area contributed by atoms with E-state index in [1.54, 1.807) is 13.3 Å². The molecule has 1 aliphatic rings. The van der Waals surface area contributed by atoms with Crippen molar-refractivity contribution in [1.29, 1.82) is 0 Å². The van der Waals surface area contributed by atoms with Crippen molar-refractivity contribution in [1.82, 2.24) is 19.9 Å². The van der Waals surface area contributed by atoms with Gasteiger partial charge in [-0.2, -0.15) is 0 Å². The van der Waals surface area contributed by atoms with Crippen LogP contribution in [0.3, 0.4) is 0 Å². The van der Waals surface area contributed by atoms with Crippen LogP contribution in [0.2, 0.25) is 0 Å². The lowest BCUT2D eigenvalue weighted by Gasteiger charge is -2.32. The summed E-state index contributed by atoms with van der Waals surface area (Å²) in [6, 6.07) is 13.8. The summed E-state index contributed by atoms with van der Waals surface area (Å²) in [5.74, 6) is 1.85. The summed E-state index contributed by atoms with van der Waals surface area (Å²) in [7, 11) is 1.64. The number of hydrogen-bond donors (Lipinski definition) is 1. The number of likely N-dealkylation sites (tertiary alicyclic amines) is 1. The Labute approximate surface area is 195 Å². The fourth-order valence-corrected chi connectivity index (χ4v) is 4.19. The number of carbonyl (C=O) groups is 1. The predicted molar refractivity (Wildman–Crippen MR) is 129 cm³/mol. The third kappa shape index (κ3) is 5.66. The first-order valence-electron chi connectivity index (χ1n) is 11.5. The first kappa shape index (κ1) is 22.7. The van der Waals surface area contributed by atoms with Crippen LogP contribution in [0.1, 0.15) is 43.9 Å². The van der Waals surface area contributed by atoms with Crippen molar-refractivity contribution >= 4 is 11.9 Å². The van der Waals surface area contributed by atoms with E-state index >= 15 is 0 Å². The van der Waals surface area contributed by atoms with Crippen LogP contribution in [0.15, 0.2) is 54.9 Å². The van der Waals surface area contributed by atoms with Gasteiger partial charge in [0.25, 0.3) is 0 Å². The second kappa shape index (κ2) is 10.4. The highest BCUT2D eigenvalue weighted by atomic mass is 16.5. The third-order valence-corrected chi connectivity index (χ3v) is 5.93. The number of amides is 1. The smallest absolute Gasteiger partial charge is 0.226 e. The van der Waals surface area contributed by atoms with Crippen LogP contribution in [0.4, 0.5) is 5.95 Å². The molecule has 0 atom stereocenters. The minimum atomic E-state index is 0.161. The zero-order valence-corrected chi connectivity index (χ0v) is 19.5. The molecule has 1 aliphatic heterocycles. The Balaban J connectivity index is 1.47. The van der Waals surface area contributed by atoms with Gasteiger partial charge in [-0.15, -0.1) is 0 Å². The molecule has 0 bridgehead atoms. The number of carbonyl (C=O) groups excluding carboxylic acids is 1. The number of piperidine rings is 1. The third-order valence-electron chi connectivity index (χ3n) is 5.93. The van der Waals surface area contributed by atoms with Crippen molar-refractivity contribution in [3.05, 3.63) is 66.1 Å². The molecule has 1 amide bonds. The molecule has 2 aromatic heterocycles. The maximum atomic E-state index is 12.9. The molecule has 33 heavy (non-hydrogen) atoms. The van der Waals surface area contributed by atoms with Gasteiger partial charge in [0.15, 0.2) is 0 Å². The Bertz CT molecular complexity index is 1060. The summed E-state index contributed by atoms with van der Waals surface area (Å²) in [6.45, 7) is 5.59. The van der Waals surface area contributed by atoms with E-state index in [1.165, 1.54) is 0 Å². The summed E-state index contributed by atoms with van der Waals surface area (Å²) in [5.41, 5.74) is 3.85. The molecule has 3 heterocycles. The number of nitrogens with one attached hydrogen (secondary N) is 1. The number of benzene rings is 1. The highest BCUT2D eigenvalue weighted by Gasteiger charge is 2.27. The maximum absolute atomic E-state index is 12.9. The van der Waals surface area contributed by atoms with Crippen LogP contribution < -0.4 is 10.1 Å². The Morgan fingerprint density at radius 2 is 1.88 bits per heavy atom. The fraction of sp³-hybridized carbons (Fsp3) is 0.385. The van der Waals surface area contributed by atoms with E-state index in [-0.39, 0.29) is 17.9 Å². The van der Waals surface area contributed by atoms with Gasteiger partial charge in [-0.05, 0) is 56.5 Å². The molecule has 172 valence electrons. The predicted octanol–water partition coefficient (Wildman–Crippen LogP) is 4.32. The van der Waals surface area contributed by atoms with Crippen molar-refractivity contribution in [2.45, 2.75) is 45.1 Å². The van der Waals surface area contributed by atoms with E-state index in [0.717, 1.165) is 54.2 Å². The largest absolute Gasteiger partial charge is 0.497 e. The minimum absolute atomic E-state index is 0.161. The van der Waals surface area contributed by atoms with E-state index in [2.05, 4.69) is 29.1 Å². The molecular weight excluding hydrogens is 414 g/mol. The van der Waals surface area contributed by atoms with Gasteiger partial charge in [0, 0.05) is 43.0 Å². The Kier molecular flexibility index (Phi) is 7.17. The highest BCUT2D eigenvalue weighted by molar-refractivity contribution is 5.79. The Hall–Kier alpha value is -3.48. The molecule has 0 radical (unpaired) electrons. The molecule has 0 spiro atoms. The van der Waals surface area contributed by atoms with Gasteiger partial charge in [0.1, 0.15) is 5.75 Å². The number of pyridine rings is 1. The van der Waals surface area contributed by atoms with Crippen molar-refractivity contribution in [2.75, 3.05) is 25.5 Å². The van der Waals surface area contributed by atoms with Crippen molar-refractivity contribution in [2.24, 2.45) is 0 Å². The highest BCUT2D eigenvalue weighted by Crippen LogP contribution is 2.34. The van der Waals surface area contributed by atoms with Crippen LogP contribution in [0.5, 0.6) is 5.75 Å². The van der Waals surface area contributed by atoms with E-state index in [0.29, 0.717) is 12.4 Å². The molecule has 7 heteroatoms. The molecular formula is C26H31N5O2. The minimum Gasteiger partial charge on any atom is -0.497 e. The number of hydrogen-bond acceptors (Lipinski definition) is 6. The van der Waals surface area contributed by atoms with Gasteiger partial charge in [-0.1, -0.05) is 18.2 Å². The first-order chi connectivity index (χ1) is 16.0. The zero-order valence-electron chi connectivity index (χ0n) is 19.5. The molecule has 4 rings (SSSR count). The standard InChI is InChI=1S/C26H31N5O2/c1-18(2)29-26-28-17-22(23-6-4-5-13-27-23)25(30-26)20-11-14-31(15-12-20)24(32)16-19-7-9-21(33-3)10-8-19/h4-10,13,17-18,20H,11-12,14-16H2,1-3H3,(H,28,29,30). The molecule has 3 aromatic rings. The number of methoxy groups -OCH3 is 1. The molecule has 1 fully saturated rings. The fourth-order valence-electron chi connectivity index (χ4n) is 4.19. The number of ether oxygens (including phenoxy) is 1. The van der Waals surface area contributed by atoms with Crippen LogP contribution in [-0.4, -0.2) is 52.0 Å². The van der Waals surface area contributed by atoms with Crippen LogP contribution in [0.25, 0.3) is 11.3 Å². The number of nitrogens with zero attached hydrogens (tertiary/aromatic N) is 4. The summed E-state index contributed by atoms with van der Waals surface area (Å²) < 4.78 is 5.20. The van der Waals surface area contributed by atoms with Gasteiger partial charge in [-0.3, -0.25) is 9.78 Å². The van der Waals surface area contributed by atoms with Gasteiger partial charge in [0.05, 0.1) is 24.9 Å². The molecule has 0 unspecified atom stereocenters. The van der Waals surface area contributed by atoms with E-state index in [4.69, 9.17) is 9.72 Å². The Morgan fingerprint density at radius 3 is 2.52 bits per heavy atom. The van der Waals surface area contributed by atoms with E-state index in [9.17, 15) is 4.79 Å². The lowest BCUT2D eigenvalue weighted by molar-refractivity contribution is -0.131. The lowest BCUT2D eigenvalue weighted by Crippen LogP contribution is -2.39. The summed E-state index contributed by atoms with van der Waals surface area (Å²) in [6.07, 6.45) is 5.80. The monoisotopic (exact) mass is 445 g/mol. The number of rotatable bonds is 7. The normalized spacial score (nSPS) is 14.4. The quantitative estimate of drug-likeness (QED) is 0.584. The van der Waals surface area contributed by atoms with Crippen LogP contribution in [-0.2, 0) is 11.2 Å². The molecule has 0 saturated carbocycles. The van der Waals surface area contributed by atoms with Crippen molar-refractivity contribution in [3.8, 4) is 17.0 Å². The maximum Gasteiger partial charge on any atom is 0.226 e. The Morgan fingerprint density at radius 1 is 1.12 bits per heavy atom. The second-order valence-electron chi connectivity index (χ2n) is 8.69. The SMILES string of the molecule is COc1ccc(CC(=O)N2CCC(c3nc(NC(C)C)ncc3-c3ccccn3)CC2)cc1. The van der Waals surface area contributed by atoms with Gasteiger partial charge < -0.3 is 15.0 Å². The average Bonchev–Trinajstić information content (AvgIpc) is 2.85. The number of anilines is 1. The molecule has 0 aliphatic carbocycles. The van der Waals surface area contributed by atoms with Gasteiger partial charge in [0.2, 0.25) is 11.9 Å². The molecule has 1 N–H and O–H groups in total. The first-order valence-corrected chi connectivity index (χ1v) is 11.5. The molecule has 7 nitrogen and oxygen atoms in total. The topological polar surface area (TPSA) is 80.2 Å². The zero-order chi connectivity index (χ0) is 23.2. The van der Waals surface area contributed by atoms with Crippen molar-refractivity contribution in [3.63, 3.8) is 0 Å².